The highest BCUT2D eigenvalue weighted by atomic mass is 35.5. The van der Waals surface area contributed by atoms with E-state index in [1.54, 1.807) is 11.3 Å². The molecule has 0 amide bonds. The van der Waals surface area contributed by atoms with Gasteiger partial charge in [0.15, 0.2) is 0 Å². The van der Waals surface area contributed by atoms with Gasteiger partial charge < -0.3 is 5.73 Å². The van der Waals surface area contributed by atoms with Gasteiger partial charge in [0, 0.05) is 12.8 Å². The second-order valence-corrected chi connectivity index (χ2v) is 5.66. The first-order valence-corrected chi connectivity index (χ1v) is 6.01. The van der Waals surface area contributed by atoms with E-state index >= 15 is 0 Å². The van der Waals surface area contributed by atoms with Gasteiger partial charge >= 0.3 is 0 Å². The first-order valence-electron chi connectivity index (χ1n) is 4.82. The van der Waals surface area contributed by atoms with E-state index in [-0.39, 0.29) is 5.54 Å². The number of hydrogen-bond donors (Lipinski definition) is 1. The summed E-state index contributed by atoms with van der Waals surface area (Å²) < 4.78 is 0.892. The van der Waals surface area contributed by atoms with E-state index in [1.807, 2.05) is 6.07 Å². The van der Waals surface area contributed by atoms with E-state index in [1.165, 1.54) is 37.0 Å². The normalized spacial score (nSPS) is 21.7. The molecule has 0 spiro atoms. The molecule has 3 N–H and O–H groups in total. The van der Waals surface area contributed by atoms with Crippen LogP contribution in [-0.2, 0) is 5.54 Å². The van der Waals surface area contributed by atoms with Crippen molar-refractivity contribution in [2.45, 2.75) is 37.6 Å². The topological polar surface area (TPSA) is 27.6 Å². The number of hydrogen-bond acceptors (Lipinski definition) is 1. The molecule has 0 saturated heterocycles. The van der Waals surface area contributed by atoms with Gasteiger partial charge in [0.1, 0.15) is 5.54 Å². The van der Waals surface area contributed by atoms with Crippen LogP contribution in [-0.4, -0.2) is 0 Å². The molecule has 3 heteroatoms. The highest BCUT2D eigenvalue weighted by Crippen LogP contribution is 2.37. The lowest BCUT2D eigenvalue weighted by molar-refractivity contribution is -0.494. The van der Waals surface area contributed by atoms with Crippen molar-refractivity contribution < 1.29 is 5.73 Å². The zero-order valence-corrected chi connectivity index (χ0v) is 9.26. The van der Waals surface area contributed by atoms with Crippen molar-refractivity contribution in [1.82, 2.24) is 0 Å². The van der Waals surface area contributed by atoms with Crippen LogP contribution >= 0.6 is 22.9 Å². The lowest BCUT2D eigenvalue weighted by atomic mass is 9.81. The molecule has 1 saturated carbocycles. The van der Waals surface area contributed by atoms with Gasteiger partial charge in [-0.15, -0.1) is 11.3 Å². The Bertz CT molecular complexity index is 289. The van der Waals surface area contributed by atoms with Gasteiger partial charge in [0.2, 0.25) is 0 Å². The standard InChI is InChI=1S/C10H14ClNS/c11-9-5-4-8(13-9)10(12)6-2-1-3-7-10/h4-5H,1-3,6-7,12H2/p+1. The fourth-order valence-corrected chi connectivity index (χ4v) is 3.29. The molecule has 2 rings (SSSR count). The Balaban J connectivity index is 2.22. The van der Waals surface area contributed by atoms with Gasteiger partial charge in [0.05, 0.1) is 9.21 Å². The summed E-state index contributed by atoms with van der Waals surface area (Å²) in [6, 6.07) is 4.13. The molecular formula is C10H15ClNS+. The molecule has 1 aliphatic rings. The zero-order chi connectivity index (χ0) is 9.31. The first-order chi connectivity index (χ1) is 6.21. The van der Waals surface area contributed by atoms with Crippen molar-refractivity contribution in [3.05, 3.63) is 21.3 Å². The van der Waals surface area contributed by atoms with Crippen molar-refractivity contribution in [2.75, 3.05) is 0 Å². The Morgan fingerprint density at radius 1 is 1.23 bits per heavy atom. The molecule has 0 unspecified atom stereocenters. The fraction of sp³-hybridized carbons (Fsp3) is 0.600. The molecule has 1 aromatic rings. The fourth-order valence-electron chi connectivity index (χ4n) is 2.07. The minimum absolute atomic E-state index is 0.177. The zero-order valence-electron chi connectivity index (χ0n) is 7.68. The van der Waals surface area contributed by atoms with Crippen molar-refractivity contribution in [2.24, 2.45) is 0 Å². The molecule has 0 aliphatic heterocycles. The average molecular weight is 217 g/mol. The molecule has 0 atom stereocenters. The molecular weight excluding hydrogens is 202 g/mol. The van der Waals surface area contributed by atoms with E-state index in [0.29, 0.717) is 0 Å². The van der Waals surface area contributed by atoms with Crippen LogP contribution in [0.5, 0.6) is 0 Å². The third kappa shape index (κ3) is 1.90. The van der Waals surface area contributed by atoms with Crippen LogP contribution in [0.25, 0.3) is 0 Å². The van der Waals surface area contributed by atoms with Crippen LogP contribution in [0.1, 0.15) is 37.0 Å². The molecule has 1 fully saturated rings. The third-order valence-corrected chi connectivity index (χ3v) is 4.38. The molecule has 1 heterocycles. The van der Waals surface area contributed by atoms with Gasteiger partial charge in [0.25, 0.3) is 0 Å². The smallest absolute Gasteiger partial charge is 0.129 e. The van der Waals surface area contributed by atoms with Gasteiger partial charge in [-0.2, -0.15) is 0 Å². The summed E-state index contributed by atoms with van der Waals surface area (Å²) in [6.07, 6.45) is 6.46. The lowest BCUT2D eigenvalue weighted by Gasteiger charge is -2.28. The van der Waals surface area contributed by atoms with Gasteiger partial charge in [-0.3, -0.25) is 0 Å². The Kier molecular flexibility index (Phi) is 2.63. The lowest BCUT2D eigenvalue weighted by Crippen LogP contribution is -2.70. The summed E-state index contributed by atoms with van der Waals surface area (Å²) in [5.74, 6) is 0. The maximum Gasteiger partial charge on any atom is 0.129 e. The molecule has 1 aromatic heterocycles. The van der Waals surface area contributed by atoms with E-state index in [2.05, 4.69) is 11.8 Å². The minimum atomic E-state index is 0.177. The Morgan fingerprint density at radius 2 is 1.92 bits per heavy atom. The van der Waals surface area contributed by atoms with E-state index in [0.717, 1.165) is 4.34 Å². The summed E-state index contributed by atoms with van der Waals surface area (Å²) in [6.45, 7) is 0. The van der Waals surface area contributed by atoms with Crippen molar-refractivity contribution in [3.63, 3.8) is 0 Å². The summed E-state index contributed by atoms with van der Waals surface area (Å²) >= 11 is 7.63. The molecule has 0 radical (unpaired) electrons. The molecule has 1 aliphatic carbocycles. The number of thiophene rings is 1. The Morgan fingerprint density at radius 3 is 2.46 bits per heavy atom. The van der Waals surface area contributed by atoms with Crippen LogP contribution < -0.4 is 5.73 Å². The van der Waals surface area contributed by atoms with Gasteiger partial charge in [-0.25, -0.2) is 0 Å². The van der Waals surface area contributed by atoms with Crippen LogP contribution in [0.3, 0.4) is 0 Å². The molecule has 72 valence electrons. The van der Waals surface area contributed by atoms with Gasteiger partial charge in [-0.1, -0.05) is 18.0 Å². The van der Waals surface area contributed by atoms with E-state index in [4.69, 9.17) is 11.6 Å². The number of rotatable bonds is 1. The van der Waals surface area contributed by atoms with Crippen LogP contribution in [0, 0.1) is 0 Å². The Labute approximate surface area is 87.9 Å². The van der Waals surface area contributed by atoms with Gasteiger partial charge in [-0.05, 0) is 25.0 Å². The molecule has 13 heavy (non-hydrogen) atoms. The second kappa shape index (κ2) is 3.60. The first kappa shape index (κ1) is 9.50. The van der Waals surface area contributed by atoms with Crippen molar-refractivity contribution in [1.29, 1.82) is 0 Å². The van der Waals surface area contributed by atoms with Crippen molar-refractivity contribution in [3.8, 4) is 0 Å². The monoisotopic (exact) mass is 216 g/mol. The SMILES string of the molecule is [NH3+]C1(c2ccc(Cl)s2)CCCCC1. The average Bonchev–Trinajstić information content (AvgIpc) is 2.54. The number of halogens is 1. The van der Waals surface area contributed by atoms with E-state index in [9.17, 15) is 0 Å². The van der Waals surface area contributed by atoms with Crippen molar-refractivity contribution >= 4 is 22.9 Å². The predicted octanol–water partition coefficient (Wildman–Crippen LogP) is 2.80. The molecule has 0 bridgehead atoms. The highest BCUT2D eigenvalue weighted by molar-refractivity contribution is 7.16. The molecule has 1 nitrogen and oxygen atoms in total. The number of quaternary nitrogens is 1. The van der Waals surface area contributed by atoms with Crippen LogP contribution in [0.15, 0.2) is 12.1 Å². The summed E-state index contributed by atoms with van der Waals surface area (Å²) in [5.41, 5.74) is 4.54. The maximum absolute atomic E-state index is 5.93. The summed E-state index contributed by atoms with van der Waals surface area (Å²) in [7, 11) is 0. The summed E-state index contributed by atoms with van der Waals surface area (Å²) in [4.78, 5) is 1.37. The maximum atomic E-state index is 5.93. The van der Waals surface area contributed by atoms with E-state index < -0.39 is 0 Å². The second-order valence-electron chi connectivity index (χ2n) is 3.94. The highest BCUT2D eigenvalue weighted by Gasteiger charge is 2.34. The quantitative estimate of drug-likeness (QED) is 0.748. The largest absolute Gasteiger partial charge is 0.348 e. The summed E-state index contributed by atoms with van der Waals surface area (Å²) in [5, 5.41) is 0. The van der Waals surface area contributed by atoms with Crippen LogP contribution in [0.2, 0.25) is 4.34 Å². The minimum Gasteiger partial charge on any atom is -0.348 e. The van der Waals surface area contributed by atoms with Crippen LogP contribution in [0.4, 0.5) is 0 Å². The Hall–Kier alpha value is -0.0500. The predicted molar refractivity (Wildman–Crippen MR) is 57.0 cm³/mol. The third-order valence-electron chi connectivity index (χ3n) is 2.91. The molecule has 0 aromatic carbocycles.